The quantitative estimate of drug-likeness (QED) is 0.899. The first-order valence-electron chi connectivity index (χ1n) is 7.33. The smallest absolute Gasteiger partial charge is 0.255 e. The number of rotatable bonds is 5. The molecule has 0 saturated carbocycles. The fourth-order valence-electron chi connectivity index (χ4n) is 2.57. The summed E-state index contributed by atoms with van der Waals surface area (Å²) in [6.45, 7) is 1.99. The van der Waals surface area contributed by atoms with Crippen LogP contribution in [-0.4, -0.2) is 41.9 Å². The molecule has 0 spiro atoms. The van der Waals surface area contributed by atoms with Gasteiger partial charge in [0.15, 0.2) is 11.6 Å². The first kappa shape index (κ1) is 16.5. The van der Waals surface area contributed by atoms with Gasteiger partial charge in [0.2, 0.25) is 5.91 Å². The second-order valence-electron chi connectivity index (χ2n) is 5.23. The molecular formula is C14H19F3N4O. The number of alkyl halides is 2. The van der Waals surface area contributed by atoms with Gasteiger partial charge in [-0.3, -0.25) is 4.79 Å². The van der Waals surface area contributed by atoms with E-state index >= 15 is 0 Å². The lowest BCUT2D eigenvalue weighted by molar-refractivity contribution is -0.125. The van der Waals surface area contributed by atoms with Gasteiger partial charge in [-0.05, 0) is 19.3 Å². The van der Waals surface area contributed by atoms with Crippen LogP contribution in [0, 0.1) is 11.7 Å². The highest BCUT2D eigenvalue weighted by atomic mass is 19.3. The summed E-state index contributed by atoms with van der Waals surface area (Å²) in [7, 11) is 0. The van der Waals surface area contributed by atoms with Crippen molar-refractivity contribution in [3.63, 3.8) is 0 Å². The van der Waals surface area contributed by atoms with E-state index in [9.17, 15) is 18.0 Å². The Bertz CT molecular complexity index is 527. The maximum absolute atomic E-state index is 14.3. The molecule has 8 heteroatoms. The van der Waals surface area contributed by atoms with Crippen LogP contribution in [0.15, 0.2) is 6.33 Å². The van der Waals surface area contributed by atoms with Gasteiger partial charge in [-0.1, -0.05) is 6.92 Å². The molecular weight excluding hydrogens is 297 g/mol. The third-order valence-corrected chi connectivity index (χ3v) is 3.70. The largest absolute Gasteiger partial charge is 0.353 e. The van der Waals surface area contributed by atoms with E-state index in [1.165, 1.54) is 6.33 Å². The zero-order chi connectivity index (χ0) is 16.1. The third kappa shape index (κ3) is 3.86. The van der Waals surface area contributed by atoms with Gasteiger partial charge >= 0.3 is 0 Å². The van der Waals surface area contributed by atoms with E-state index in [4.69, 9.17) is 0 Å². The molecule has 1 atom stereocenters. The molecule has 5 nitrogen and oxygen atoms in total. The Hall–Kier alpha value is -1.86. The molecule has 0 radical (unpaired) electrons. The summed E-state index contributed by atoms with van der Waals surface area (Å²) in [5, 5.41) is 2.22. The van der Waals surface area contributed by atoms with Gasteiger partial charge in [0.25, 0.3) is 6.43 Å². The minimum absolute atomic E-state index is 0.179. The first-order valence-corrected chi connectivity index (χ1v) is 7.33. The SMILES string of the molecule is CCc1ncnc(N2CCCC(C(=O)NCC(F)F)C2)c1F. The maximum atomic E-state index is 14.3. The molecule has 2 heterocycles. The van der Waals surface area contributed by atoms with Crippen LogP contribution in [0.5, 0.6) is 0 Å². The van der Waals surface area contributed by atoms with Crippen LogP contribution in [0.1, 0.15) is 25.5 Å². The van der Waals surface area contributed by atoms with E-state index in [0.29, 0.717) is 31.5 Å². The Labute approximate surface area is 126 Å². The summed E-state index contributed by atoms with van der Waals surface area (Å²) in [6, 6.07) is 0. The van der Waals surface area contributed by atoms with Gasteiger partial charge in [-0.2, -0.15) is 0 Å². The van der Waals surface area contributed by atoms with Gasteiger partial charge in [-0.15, -0.1) is 0 Å². The molecule has 0 aliphatic carbocycles. The van der Waals surface area contributed by atoms with Crippen molar-refractivity contribution in [1.82, 2.24) is 15.3 Å². The predicted octanol–water partition coefficient (Wildman–Crippen LogP) is 1.78. The van der Waals surface area contributed by atoms with Crippen LogP contribution in [0.3, 0.4) is 0 Å². The van der Waals surface area contributed by atoms with E-state index in [2.05, 4.69) is 15.3 Å². The van der Waals surface area contributed by atoms with Crippen LogP contribution < -0.4 is 10.2 Å². The van der Waals surface area contributed by atoms with Gasteiger partial charge in [0, 0.05) is 13.1 Å². The van der Waals surface area contributed by atoms with Crippen molar-refractivity contribution in [3.05, 3.63) is 17.8 Å². The lowest BCUT2D eigenvalue weighted by Gasteiger charge is -2.33. The summed E-state index contributed by atoms with van der Waals surface area (Å²) in [6.07, 6.45) is 0.456. The fourth-order valence-corrected chi connectivity index (χ4v) is 2.57. The van der Waals surface area contributed by atoms with Gasteiger partial charge in [0.1, 0.15) is 6.33 Å². The number of anilines is 1. The number of carbonyl (C=O) groups excluding carboxylic acids is 1. The molecule has 22 heavy (non-hydrogen) atoms. The number of amides is 1. The summed E-state index contributed by atoms with van der Waals surface area (Å²) < 4.78 is 38.6. The molecule has 0 aromatic carbocycles. The second kappa shape index (κ2) is 7.42. The van der Waals surface area contributed by atoms with Gasteiger partial charge in [-0.25, -0.2) is 23.1 Å². The van der Waals surface area contributed by atoms with Crippen molar-refractivity contribution in [2.24, 2.45) is 5.92 Å². The van der Waals surface area contributed by atoms with Crippen LogP contribution in [-0.2, 0) is 11.2 Å². The lowest BCUT2D eigenvalue weighted by atomic mass is 9.97. The number of hydrogen-bond donors (Lipinski definition) is 1. The Kier molecular flexibility index (Phi) is 5.57. The molecule has 1 aliphatic heterocycles. The van der Waals surface area contributed by atoms with E-state index in [1.54, 1.807) is 11.8 Å². The normalized spacial score (nSPS) is 18.6. The van der Waals surface area contributed by atoms with E-state index in [1.807, 2.05) is 0 Å². The fraction of sp³-hybridized carbons (Fsp3) is 0.643. The van der Waals surface area contributed by atoms with Crippen LogP contribution >= 0.6 is 0 Å². The van der Waals surface area contributed by atoms with Gasteiger partial charge < -0.3 is 10.2 Å². The lowest BCUT2D eigenvalue weighted by Crippen LogP contribution is -2.44. The molecule has 1 aromatic heterocycles. The molecule has 1 N–H and O–H groups in total. The molecule has 1 saturated heterocycles. The van der Waals surface area contributed by atoms with Gasteiger partial charge in [0.05, 0.1) is 18.2 Å². The number of halogens is 3. The third-order valence-electron chi connectivity index (χ3n) is 3.70. The van der Waals surface area contributed by atoms with Crippen LogP contribution in [0.4, 0.5) is 19.0 Å². The molecule has 1 aromatic rings. The summed E-state index contributed by atoms with van der Waals surface area (Å²) >= 11 is 0. The van der Waals surface area contributed by atoms with E-state index < -0.39 is 30.6 Å². The molecule has 1 fully saturated rings. The molecule has 122 valence electrons. The number of nitrogens with zero attached hydrogens (tertiary/aromatic N) is 3. The number of aryl methyl sites for hydroxylation is 1. The number of piperidine rings is 1. The van der Waals surface area contributed by atoms with Crippen molar-refractivity contribution in [2.45, 2.75) is 32.6 Å². The summed E-state index contributed by atoms with van der Waals surface area (Å²) in [5.74, 6) is -1.15. The van der Waals surface area contributed by atoms with E-state index in [0.717, 1.165) is 0 Å². The topological polar surface area (TPSA) is 58.1 Å². The Morgan fingerprint density at radius 1 is 1.50 bits per heavy atom. The standard InChI is InChI=1S/C14H19F3N4O/c1-2-10-12(17)13(20-8-19-10)21-5-3-4-9(7-21)14(22)18-6-11(15)16/h8-9,11H,2-7H2,1H3,(H,18,22). The minimum Gasteiger partial charge on any atom is -0.353 e. The average molecular weight is 316 g/mol. The predicted molar refractivity (Wildman–Crippen MR) is 75.3 cm³/mol. The Morgan fingerprint density at radius 3 is 2.95 bits per heavy atom. The Balaban J connectivity index is 2.06. The van der Waals surface area contributed by atoms with Crippen LogP contribution in [0.2, 0.25) is 0 Å². The monoisotopic (exact) mass is 316 g/mol. The van der Waals surface area contributed by atoms with Crippen molar-refractivity contribution in [3.8, 4) is 0 Å². The van der Waals surface area contributed by atoms with Crippen molar-refractivity contribution >= 4 is 11.7 Å². The number of hydrogen-bond acceptors (Lipinski definition) is 4. The molecule has 0 bridgehead atoms. The van der Waals surface area contributed by atoms with Crippen molar-refractivity contribution in [2.75, 3.05) is 24.5 Å². The molecule has 2 rings (SSSR count). The molecule has 1 amide bonds. The summed E-state index contributed by atoms with van der Waals surface area (Å²) in [5.41, 5.74) is 0.328. The minimum atomic E-state index is -2.57. The number of carbonyl (C=O) groups is 1. The molecule has 1 aliphatic rings. The zero-order valence-corrected chi connectivity index (χ0v) is 12.4. The first-order chi connectivity index (χ1) is 10.5. The number of aromatic nitrogens is 2. The highest BCUT2D eigenvalue weighted by Gasteiger charge is 2.28. The highest BCUT2D eigenvalue weighted by molar-refractivity contribution is 5.79. The van der Waals surface area contributed by atoms with E-state index in [-0.39, 0.29) is 12.4 Å². The van der Waals surface area contributed by atoms with Crippen molar-refractivity contribution in [1.29, 1.82) is 0 Å². The maximum Gasteiger partial charge on any atom is 0.255 e. The zero-order valence-electron chi connectivity index (χ0n) is 12.4. The second-order valence-corrected chi connectivity index (χ2v) is 5.23. The number of nitrogens with one attached hydrogen (secondary N) is 1. The van der Waals surface area contributed by atoms with Crippen LogP contribution in [0.25, 0.3) is 0 Å². The molecule has 1 unspecified atom stereocenters. The highest BCUT2D eigenvalue weighted by Crippen LogP contribution is 2.25. The summed E-state index contributed by atoms with van der Waals surface area (Å²) in [4.78, 5) is 21.4. The van der Waals surface area contributed by atoms with Crippen molar-refractivity contribution < 1.29 is 18.0 Å². The Morgan fingerprint density at radius 2 is 2.27 bits per heavy atom. The average Bonchev–Trinajstić information content (AvgIpc) is 2.53.